The first-order valence-corrected chi connectivity index (χ1v) is 6.90. The van der Waals surface area contributed by atoms with Crippen molar-refractivity contribution in [3.8, 4) is 0 Å². The van der Waals surface area contributed by atoms with Crippen molar-refractivity contribution in [2.24, 2.45) is 13.0 Å². The van der Waals surface area contributed by atoms with E-state index in [1.165, 1.54) is 0 Å². The summed E-state index contributed by atoms with van der Waals surface area (Å²) in [5.74, 6) is -0.106. The first-order valence-electron chi connectivity index (χ1n) is 6.90. The summed E-state index contributed by atoms with van der Waals surface area (Å²) in [4.78, 5) is 27.7. The van der Waals surface area contributed by atoms with E-state index in [0.29, 0.717) is 19.5 Å². The number of carbonyl (C=O) groups is 2. The summed E-state index contributed by atoms with van der Waals surface area (Å²) in [6, 6.07) is 0.156. The molecule has 1 aromatic heterocycles. The predicted octanol–water partition coefficient (Wildman–Crippen LogP) is 0.635. The monoisotopic (exact) mass is 278 g/mol. The third-order valence-corrected chi connectivity index (χ3v) is 3.69. The van der Waals surface area contributed by atoms with Gasteiger partial charge in [-0.3, -0.25) is 14.3 Å². The molecule has 2 heterocycles. The minimum Gasteiger partial charge on any atom is -0.341 e. The zero-order valence-corrected chi connectivity index (χ0v) is 12.5. The van der Waals surface area contributed by atoms with Crippen LogP contribution in [0.5, 0.6) is 0 Å². The van der Waals surface area contributed by atoms with Crippen LogP contribution in [0.3, 0.4) is 0 Å². The smallest absolute Gasteiger partial charge is 0.228 e. The summed E-state index contributed by atoms with van der Waals surface area (Å²) in [6.07, 6.45) is 3.97. The van der Waals surface area contributed by atoms with Gasteiger partial charge in [-0.1, -0.05) is 0 Å². The molecule has 0 N–H and O–H groups in total. The van der Waals surface area contributed by atoms with Crippen molar-refractivity contribution in [3.63, 3.8) is 0 Å². The van der Waals surface area contributed by atoms with Gasteiger partial charge >= 0.3 is 0 Å². The number of hydrogen-bond donors (Lipinski definition) is 0. The quantitative estimate of drug-likeness (QED) is 0.812. The van der Waals surface area contributed by atoms with Crippen molar-refractivity contribution >= 4 is 11.8 Å². The normalized spacial score (nSPS) is 18.9. The first kappa shape index (κ1) is 14.6. The van der Waals surface area contributed by atoms with Gasteiger partial charge in [-0.05, 0) is 13.8 Å². The number of amides is 2. The third kappa shape index (κ3) is 3.00. The highest BCUT2D eigenvalue weighted by molar-refractivity contribution is 5.89. The molecule has 1 aliphatic heterocycles. The van der Waals surface area contributed by atoms with Gasteiger partial charge in [0.25, 0.3) is 0 Å². The molecule has 0 aromatic carbocycles. The molecule has 0 radical (unpaired) electrons. The average Bonchev–Trinajstić information content (AvgIpc) is 2.94. The van der Waals surface area contributed by atoms with E-state index in [2.05, 4.69) is 5.10 Å². The maximum Gasteiger partial charge on any atom is 0.228 e. The Balaban J connectivity index is 1.96. The van der Waals surface area contributed by atoms with Crippen LogP contribution in [0.15, 0.2) is 12.4 Å². The molecule has 1 saturated heterocycles. The van der Waals surface area contributed by atoms with Gasteiger partial charge in [0.15, 0.2) is 0 Å². The number of rotatable bonds is 4. The fourth-order valence-corrected chi connectivity index (χ4v) is 2.61. The molecule has 110 valence electrons. The van der Waals surface area contributed by atoms with Crippen LogP contribution in [-0.2, 0) is 23.2 Å². The van der Waals surface area contributed by atoms with Crippen LogP contribution in [0.4, 0.5) is 0 Å². The first-order chi connectivity index (χ1) is 9.38. The van der Waals surface area contributed by atoms with Crippen molar-refractivity contribution in [2.75, 3.05) is 13.6 Å². The SMILES string of the molecule is CC(C)N1CC(C(=O)N(C)Cc2cnn(C)c2)CC1=O. The van der Waals surface area contributed by atoms with Gasteiger partial charge in [0.05, 0.1) is 12.1 Å². The minimum atomic E-state index is -0.216. The van der Waals surface area contributed by atoms with Crippen LogP contribution in [0.25, 0.3) is 0 Å². The Morgan fingerprint density at radius 3 is 2.75 bits per heavy atom. The topological polar surface area (TPSA) is 58.4 Å². The van der Waals surface area contributed by atoms with Gasteiger partial charge in [-0.15, -0.1) is 0 Å². The number of nitrogens with zero attached hydrogens (tertiary/aromatic N) is 4. The Kier molecular flexibility index (Phi) is 4.11. The van der Waals surface area contributed by atoms with E-state index < -0.39 is 0 Å². The Bertz CT molecular complexity index is 509. The van der Waals surface area contributed by atoms with Gasteiger partial charge in [-0.2, -0.15) is 5.10 Å². The molecule has 6 heteroatoms. The summed E-state index contributed by atoms with van der Waals surface area (Å²) in [5.41, 5.74) is 0.994. The summed E-state index contributed by atoms with van der Waals surface area (Å²) in [6.45, 7) is 5.01. The van der Waals surface area contributed by atoms with Crippen molar-refractivity contribution in [1.82, 2.24) is 19.6 Å². The maximum absolute atomic E-state index is 12.4. The molecule has 0 aliphatic carbocycles. The van der Waals surface area contributed by atoms with Crippen molar-refractivity contribution < 1.29 is 9.59 Å². The predicted molar refractivity (Wildman–Crippen MR) is 74.6 cm³/mol. The van der Waals surface area contributed by atoms with Crippen molar-refractivity contribution in [1.29, 1.82) is 0 Å². The average molecular weight is 278 g/mol. The highest BCUT2D eigenvalue weighted by Crippen LogP contribution is 2.22. The molecule has 1 aliphatic rings. The molecule has 1 fully saturated rings. The fourth-order valence-electron chi connectivity index (χ4n) is 2.61. The Labute approximate surface area is 119 Å². The Hall–Kier alpha value is -1.85. The second-order valence-corrected chi connectivity index (χ2v) is 5.76. The van der Waals surface area contributed by atoms with E-state index in [0.717, 1.165) is 5.56 Å². The fraction of sp³-hybridized carbons (Fsp3) is 0.643. The summed E-state index contributed by atoms with van der Waals surface area (Å²) < 4.78 is 1.72. The molecule has 20 heavy (non-hydrogen) atoms. The van der Waals surface area contributed by atoms with E-state index >= 15 is 0 Å². The lowest BCUT2D eigenvalue weighted by atomic mass is 10.1. The van der Waals surface area contributed by atoms with Crippen LogP contribution < -0.4 is 0 Å². The molecule has 6 nitrogen and oxygen atoms in total. The van der Waals surface area contributed by atoms with Crippen LogP contribution in [0.2, 0.25) is 0 Å². The lowest BCUT2D eigenvalue weighted by molar-refractivity contribution is -0.135. The van der Waals surface area contributed by atoms with Crippen LogP contribution in [0, 0.1) is 5.92 Å². The van der Waals surface area contributed by atoms with Crippen LogP contribution >= 0.6 is 0 Å². The lowest BCUT2D eigenvalue weighted by Gasteiger charge is -2.23. The number of aromatic nitrogens is 2. The highest BCUT2D eigenvalue weighted by atomic mass is 16.2. The van der Waals surface area contributed by atoms with E-state index in [1.54, 1.807) is 27.7 Å². The Morgan fingerprint density at radius 2 is 2.25 bits per heavy atom. The van der Waals surface area contributed by atoms with Crippen molar-refractivity contribution in [2.45, 2.75) is 32.9 Å². The maximum atomic E-state index is 12.4. The highest BCUT2D eigenvalue weighted by Gasteiger charge is 2.36. The molecule has 0 spiro atoms. The molecular weight excluding hydrogens is 256 g/mol. The lowest BCUT2D eigenvalue weighted by Crippen LogP contribution is -2.36. The summed E-state index contributed by atoms with van der Waals surface area (Å²) >= 11 is 0. The van der Waals surface area contributed by atoms with Gasteiger partial charge in [0.2, 0.25) is 11.8 Å². The summed E-state index contributed by atoms with van der Waals surface area (Å²) in [7, 11) is 3.62. The van der Waals surface area contributed by atoms with Gasteiger partial charge < -0.3 is 9.80 Å². The van der Waals surface area contributed by atoms with Crippen LogP contribution in [-0.4, -0.2) is 51.0 Å². The number of carbonyl (C=O) groups excluding carboxylic acids is 2. The second-order valence-electron chi connectivity index (χ2n) is 5.76. The Morgan fingerprint density at radius 1 is 1.55 bits per heavy atom. The summed E-state index contributed by atoms with van der Waals surface area (Å²) in [5, 5.41) is 4.09. The van der Waals surface area contributed by atoms with E-state index in [1.807, 2.05) is 27.1 Å². The number of aryl methyl sites for hydroxylation is 1. The van der Waals surface area contributed by atoms with Crippen molar-refractivity contribution in [3.05, 3.63) is 18.0 Å². The molecule has 1 unspecified atom stereocenters. The van der Waals surface area contributed by atoms with Gasteiger partial charge in [-0.25, -0.2) is 0 Å². The standard InChI is InChI=1S/C14H22N4O2/c1-10(2)18-9-12(5-13(18)19)14(20)16(3)7-11-6-15-17(4)8-11/h6,8,10,12H,5,7,9H2,1-4H3. The third-order valence-electron chi connectivity index (χ3n) is 3.69. The van der Waals surface area contributed by atoms with E-state index in [9.17, 15) is 9.59 Å². The zero-order valence-electron chi connectivity index (χ0n) is 12.5. The van der Waals surface area contributed by atoms with E-state index in [-0.39, 0.29) is 23.8 Å². The zero-order chi connectivity index (χ0) is 14.9. The molecule has 1 atom stereocenters. The van der Waals surface area contributed by atoms with Gasteiger partial charge in [0.1, 0.15) is 0 Å². The molecule has 2 rings (SSSR count). The molecular formula is C14H22N4O2. The molecule has 2 amide bonds. The number of likely N-dealkylation sites (tertiary alicyclic amines) is 1. The largest absolute Gasteiger partial charge is 0.341 e. The second kappa shape index (κ2) is 5.64. The minimum absolute atomic E-state index is 0.0327. The molecule has 1 aromatic rings. The number of hydrogen-bond acceptors (Lipinski definition) is 3. The molecule has 0 saturated carbocycles. The van der Waals surface area contributed by atoms with E-state index in [4.69, 9.17) is 0 Å². The van der Waals surface area contributed by atoms with Gasteiger partial charge in [0, 0.05) is 51.4 Å². The van der Waals surface area contributed by atoms with Crippen LogP contribution in [0.1, 0.15) is 25.8 Å². The molecule has 0 bridgehead atoms.